The standard InChI is InChI=1S/C17H20N4/c1-17(2,3)20-11-13-10-19-16(21-9-8-18-12-21)15-7-5-4-6-14(13)15/h4-10,12,20H,11H2,1-3H3. The molecule has 0 spiro atoms. The molecule has 0 aliphatic heterocycles. The van der Waals surface area contributed by atoms with E-state index in [1.165, 1.54) is 10.9 Å². The molecule has 0 radical (unpaired) electrons. The van der Waals surface area contributed by atoms with Gasteiger partial charge < -0.3 is 5.32 Å². The van der Waals surface area contributed by atoms with Gasteiger partial charge in [-0.2, -0.15) is 0 Å². The van der Waals surface area contributed by atoms with E-state index in [0.717, 1.165) is 17.7 Å². The molecule has 4 heteroatoms. The fraction of sp³-hybridized carbons (Fsp3) is 0.294. The molecule has 0 saturated heterocycles. The Balaban J connectivity index is 2.07. The van der Waals surface area contributed by atoms with Crippen LogP contribution in [0.1, 0.15) is 26.3 Å². The molecular formula is C17H20N4. The van der Waals surface area contributed by atoms with Crippen molar-refractivity contribution in [1.29, 1.82) is 0 Å². The highest BCUT2D eigenvalue weighted by atomic mass is 15.1. The van der Waals surface area contributed by atoms with E-state index in [0.29, 0.717) is 0 Å². The van der Waals surface area contributed by atoms with Crippen molar-refractivity contribution in [3.05, 3.63) is 54.7 Å². The minimum Gasteiger partial charge on any atom is -0.308 e. The van der Waals surface area contributed by atoms with Gasteiger partial charge in [-0.1, -0.05) is 24.3 Å². The third-order valence-corrected chi connectivity index (χ3v) is 3.41. The minimum atomic E-state index is 0.0874. The summed E-state index contributed by atoms with van der Waals surface area (Å²) < 4.78 is 1.95. The molecule has 108 valence electrons. The minimum absolute atomic E-state index is 0.0874. The van der Waals surface area contributed by atoms with Crippen LogP contribution in [0.2, 0.25) is 0 Å². The summed E-state index contributed by atoms with van der Waals surface area (Å²) in [5.41, 5.74) is 1.30. The van der Waals surface area contributed by atoms with Crippen molar-refractivity contribution in [2.75, 3.05) is 0 Å². The van der Waals surface area contributed by atoms with Crippen LogP contribution in [0, 0.1) is 0 Å². The Morgan fingerprint density at radius 3 is 2.57 bits per heavy atom. The van der Waals surface area contributed by atoms with Gasteiger partial charge in [-0.3, -0.25) is 4.57 Å². The van der Waals surface area contributed by atoms with Gasteiger partial charge in [0, 0.05) is 36.1 Å². The summed E-state index contributed by atoms with van der Waals surface area (Å²) in [6.07, 6.45) is 7.42. The number of fused-ring (bicyclic) bond motifs is 1. The van der Waals surface area contributed by atoms with Crippen LogP contribution in [0.4, 0.5) is 0 Å². The lowest BCUT2D eigenvalue weighted by atomic mass is 10.0. The van der Waals surface area contributed by atoms with Crippen LogP contribution >= 0.6 is 0 Å². The predicted molar refractivity (Wildman–Crippen MR) is 85.5 cm³/mol. The Bertz CT molecular complexity index is 739. The number of pyridine rings is 1. The van der Waals surface area contributed by atoms with Crippen LogP contribution < -0.4 is 5.32 Å². The van der Waals surface area contributed by atoms with Gasteiger partial charge in [-0.25, -0.2) is 9.97 Å². The highest BCUT2D eigenvalue weighted by Crippen LogP contribution is 2.23. The fourth-order valence-electron chi connectivity index (χ4n) is 2.33. The summed E-state index contributed by atoms with van der Waals surface area (Å²) in [6.45, 7) is 7.31. The van der Waals surface area contributed by atoms with E-state index in [9.17, 15) is 0 Å². The van der Waals surface area contributed by atoms with Gasteiger partial charge in [0.25, 0.3) is 0 Å². The molecule has 0 amide bonds. The van der Waals surface area contributed by atoms with E-state index < -0.39 is 0 Å². The number of rotatable bonds is 3. The van der Waals surface area contributed by atoms with Gasteiger partial charge >= 0.3 is 0 Å². The fourth-order valence-corrected chi connectivity index (χ4v) is 2.33. The van der Waals surface area contributed by atoms with Crippen molar-refractivity contribution < 1.29 is 0 Å². The van der Waals surface area contributed by atoms with E-state index in [4.69, 9.17) is 0 Å². The number of nitrogens with zero attached hydrogens (tertiary/aromatic N) is 3. The second-order valence-corrected chi connectivity index (χ2v) is 6.23. The van der Waals surface area contributed by atoms with Crippen LogP contribution in [0.15, 0.2) is 49.2 Å². The molecule has 1 N–H and O–H groups in total. The maximum absolute atomic E-state index is 4.63. The molecule has 0 aliphatic carbocycles. The summed E-state index contributed by atoms with van der Waals surface area (Å²) >= 11 is 0. The first-order valence-electron chi connectivity index (χ1n) is 7.14. The summed E-state index contributed by atoms with van der Waals surface area (Å²) in [6, 6.07) is 8.38. The predicted octanol–water partition coefficient (Wildman–Crippen LogP) is 3.31. The third kappa shape index (κ3) is 2.95. The van der Waals surface area contributed by atoms with Crippen molar-refractivity contribution in [2.45, 2.75) is 32.9 Å². The molecule has 0 bridgehead atoms. The molecule has 0 unspecified atom stereocenters. The van der Waals surface area contributed by atoms with Gasteiger partial charge in [0.2, 0.25) is 0 Å². The van der Waals surface area contributed by atoms with Gasteiger partial charge in [0.1, 0.15) is 12.1 Å². The molecule has 0 fully saturated rings. The van der Waals surface area contributed by atoms with Crippen molar-refractivity contribution in [3.63, 3.8) is 0 Å². The molecular weight excluding hydrogens is 260 g/mol. The zero-order valence-electron chi connectivity index (χ0n) is 12.7. The Morgan fingerprint density at radius 1 is 1.14 bits per heavy atom. The van der Waals surface area contributed by atoms with Crippen molar-refractivity contribution in [2.24, 2.45) is 0 Å². The maximum Gasteiger partial charge on any atom is 0.145 e. The number of imidazole rings is 1. The Kier molecular flexibility index (Phi) is 3.47. The van der Waals surface area contributed by atoms with Crippen molar-refractivity contribution >= 4 is 10.8 Å². The van der Waals surface area contributed by atoms with Crippen molar-refractivity contribution in [3.8, 4) is 5.82 Å². The van der Waals surface area contributed by atoms with Crippen LogP contribution in [-0.2, 0) is 6.54 Å². The second-order valence-electron chi connectivity index (χ2n) is 6.23. The molecule has 3 aromatic rings. The number of benzene rings is 1. The van der Waals surface area contributed by atoms with Crippen LogP contribution in [0.25, 0.3) is 16.6 Å². The summed E-state index contributed by atoms with van der Waals surface area (Å²) in [5.74, 6) is 0.919. The number of aromatic nitrogens is 3. The average Bonchev–Trinajstić information content (AvgIpc) is 2.97. The van der Waals surface area contributed by atoms with Crippen LogP contribution in [-0.4, -0.2) is 20.1 Å². The quantitative estimate of drug-likeness (QED) is 0.800. The molecule has 0 saturated carbocycles. The molecule has 0 atom stereocenters. The molecule has 1 aromatic carbocycles. The van der Waals surface area contributed by atoms with E-state index in [1.807, 2.05) is 23.0 Å². The van der Waals surface area contributed by atoms with Gasteiger partial charge in [0.05, 0.1) is 0 Å². The molecule has 4 nitrogen and oxygen atoms in total. The average molecular weight is 280 g/mol. The van der Waals surface area contributed by atoms with E-state index in [2.05, 4.69) is 54.3 Å². The lowest BCUT2D eigenvalue weighted by Gasteiger charge is -2.21. The lowest BCUT2D eigenvalue weighted by molar-refractivity contribution is 0.425. The zero-order chi connectivity index (χ0) is 14.9. The largest absolute Gasteiger partial charge is 0.308 e. The van der Waals surface area contributed by atoms with E-state index >= 15 is 0 Å². The van der Waals surface area contributed by atoms with Crippen LogP contribution in [0.3, 0.4) is 0 Å². The van der Waals surface area contributed by atoms with E-state index in [-0.39, 0.29) is 5.54 Å². The SMILES string of the molecule is CC(C)(C)NCc1cnc(-n2ccnc2)c2ccccc12. The summed E-state index contributed by atoms with van der Waals surface area (Å²) in [4.78, 5) is 8.74. The summed E-state index contributed by atoms with van der Waals surface area (Å²) in [5, 5.41) is 5.90. The lowest BCUT2D eigenvalue weighted by Crippen LogP contribution is -2.35. The Labute approximate surface area is 124 Å². The van der Waals surface area contributed by atoms with Crippen LogP contribution in [0.5, 0.6) is 0 Å². The highest BCUT2D eigenvalue weighted by molar-refractivity contribution is 5.90. The zero-order valence-corrected chi connectivity index (χ0v) is 12.7. The van der Waals surface area contributed by atoms with Gasteiger partial charge in [-0.15, -0.1) is 0 Å². The first-order chi connectivity index (χ1) is 10.0. The number of hydrogen-bond donors (Lipinski definition) is 1. The molecule has 21 heavy (non-hydrogen) atoms. The van der Waals surface area contributed by atoms with E-state index in [1.54, 1.807) is 12.5 Å². The topological polar surface area (TPSA) is 42.7 Å². The normalized spacial score (nSPS) is 12.0. The van der Waals surface area contributed by atoms with Gasteiger partial charge in [-0.05, 0) is 31.7 Å². The third-order valence-electron chi connectivity index (χ3n) is 3.41. The molecule has 2 heterocycles. The second kappa shape index (κ2) is 5.30. The summed E-state index contributed by atoms with van der Waals surface area (Å²) in [7, 11) is 0. The highest BCUT2D eigenvalue weighted by Gasteiger charge is 2.12. The molecule has 3 rings (SSSR count). The van der Waals surface area contributed by atoms with Gasteiger partial charge in [0.15, 0.2) is 0 Å². The first kappa shape index (κ1) is 13.8. The molecule has 0 aliphatic rings. The number of hydrogen-bond acceptors (Lipinski definition) is 3. The maximum atomic E-state index is 4.63. The Hall–Kier alpha value is -2.20. The first-order valence-corrected chi connectivity index (χ1v) is 7.14. The smallest absolute Gasteiger partial charge is 0.145 e. The number of nitrogens with one attached hydrogen (secondary N) is 1. The van der Waals surface area contributed by atoms with Crippen molar-refractivity contribution in [1.82, 2.24) is 19.9 Å². The Morgan fingerprint density at radius 2 is 1.90 bits per heavy atom. The monoisotopic (exact) mass is 280 g/mol. The molecule has 2 aromatic heterocycles.